The number of amides is 1. The molecule has 0 radical (unpaired) electrons. The van der Waals surface area contributed by atoms with E-state index in [0.717, 1.165) is 32.2 Å². The van der Waals surface area contributed by atoms with Crippen molar-refractivity contribution in [2.24, 2.45) is 5.92 Å². The summed E-state index contributed by atoms with van der Waals surface area (Å²) in [5, 5.41) is 7.10. The van der Waals surface area contributed by atoms with E-state index >= 15 is 0 Å². The van der Waals surface area contributed by atoms with Crippen molar-refractivity contribution < 1.29 is 13.2 Å². The normalized spacial score (nSPS) is 23.0. The van der Waals surface area contributed by atoms with E-state index in [0.29, 0.717) is 5.56 Å². The SMILES string of the molecule is CCn1cc(C(=O)NC2CCC(CS(C)(=O)=O)CC2)cn1. The highest BCUT2D eigenvalue weighted by Crippen LogP contribution is 2.25. The summed E-state index contributed by atoms with van der Waals surface area (Å²) in [5.74, 6) is 0.397. The number of hydrogen-bond acceptors (Lipinski definition) is 4. The summed E-state index contributed by atoms with van der Waals surface area (Å²) < 4.78 is 24.3. The van der Waals surface area contributed by atoms with Crippen molar-refractivity contribution in [3.63, 3.8) is 0 Å². The van der Waals surface area contributed by atoms with E-state index in [-0.39, 0.29) is 23.6 Å². The van der Waals surface area contributed by atoms with Crippen molar-refractivity contribution in [1.82, 2.24) is 15.1 Å². The molecule has 1 aliphatic rings. The molecule has 1 N–H and O–H groups in total. The van der Waals surface area contributed by atoms with E-state index in [2.05, 4.69) is 10.4 Å². The second-order valence-corrected chi connectivity index (χ2v) is 8.05. The maximum absolute atomic E-state index is 12.1. The molecule has 1 amide bonds. The van der Waals surface area contributed by atoms with Gasteiger partial charge in [0.25, 0.3) is 5.91 Å². The Morgan fingerprint density at radius 1 is 1.38 bits per heavy atom. The molecule has 21 heavy (non-hydrogen) atoms. The van der Waals surface area contributed by atoms with Gasteiger partial charge in [-0.25, -0.2) is 8.42 Å². The molecule has 0 bridgehead atoms. The van der Waals surface area contributed by atoms with Gasteiger partial charge in [0, 0.05) is 25.0 Å². The predicted octanol–water partition coefficient (Wildman–Crippen LogP) is 1.24. The number of nitrogens with zero attached hydrogens (tertiary/aromatic N) is 2. The van der Waals surface area contributed by atoms with Crippen LogP contribution in [0.2, 0.25) is 0 Å². The molecule has 118 valence electrons. The number of carbonyl (C=O) groups is 1. The molecule has 0 atom stereocenters. The number of carbonyl (C=O) groups excluding carboxylic acids is 1. The summed E-state index contributed by atoms with van der Waals surface area (Å²) >= 11 is 0. The summed E-state index contributed by atoms with van der Waals surface area (Å²) in [6, 6.07) is 0.137. The molecule has 0 unspecified atom stereocenters. The molecule has 0 spiro atoms. The van der Waals surface area contributed by atoms with Crippen LogP contribution in [0, 0.1) is 5.92 Å². The Hall–Kier alpha value is -1.37. The van der Waals surface area contributed by atoms with E-state index in [9.17, 15) is 13.2 Å². The lowest BCUT2D eigenvalue weighted by Gasteiger charge is -2.28. The van der Waals surface area contributed by atoms with Crippen molar-refractivity contribution in [3.05, 3.63) is 18.0 Å². The molecule has 2 rings (SSSR count). The fourth-order valence-corrected chi connectivity index (χ4v) is 4.01. The van der Waals surface area contributed by atoms with Crippen LogP contribution in [-0.2, 0) is 16.4 Å². The lowest BCUT2D eigenvalue weighted by Crippen LogP contribution is -2.38. The molecule has 1 saturated carbocycles. The maximum atomic E-state index is 12.1. The van der Waals surface area contributed by atoms with Crippen molar-refractivity contribution >= 4 is 15.7 Å². The van der Waals surface area contributed by atoms with Crippen LogP contribution in [0.25, 0.3) is 0 Å². The smallest absolute Gasteiger partial charge is 0.254 e. The number of aryl methyl sites for hydroxylation is 1. The van der Waals surface area contributed by atoms with Gasteiger partial charge in [0.15, 0.2) is 0 Å². The first kappa shape index (κ1) is 16.0. The van der Waals surface area contributed by atoms with Crippen molar-refractivity contribution in [2.75, 3.05) is 12.0 Å². The first-order valence-electron chi connectivity index (χ1n) is 7.38. The minimum Gasteiger partial charge on any atom is -0.349 e. The standard InChI is InChI=1S/C14H23N3O3S/c1-3-17-9-12(8-15-17)14(18)16-13-6-4-11(5-7-13)10-21(2,19)20/h8-9,11,13H,3-7,10H2,1-2H3,(H,16,18). The molecule has 1 aromatic heterocycles. The van der Waals surface area contributed by atoms with Gasteiger partial charge < -0.3 is 5.32 Å². The van der Waals surface area contributed by atoms with Gasteiger partial charge in [-0.15, -0.1) is 0 Å². The Kier molecular flexibility index (Phi) is 5.03. The first-order valence-corrected chi connectivity index (χ1v) is 9.44. The van der Waals surface area contributed by atoms with E-state index in [4.69, 9.17) is 0 Å². The molecule has 1 aromatic rings. The van der Waals surface area contributed by atoms with Gasteiger partial charge >= 0.3 is 0 Å². The summed E-state index contributed by atoms with van der Waals surface area (Å²) in [5.41, 5.74) is 0.579. The molecule has 7 heteroatoms. The summed E-state index contributed by atoms with van der Waals surface area (Å²) in [7, 11) is -2.91. The molecule has 1 heterocycles. The van der Waals surface area contributed by atoms with Crippen LogP contribution in [-0.4, -0.2) is 42.2 Å². The van der Waals surface area contributed by atoms with E-state index in [1.54, 1.807) is 17.1 Å². The largest absolute Gasteiger partial charge is 0.349 e. The number of aromatic nitrogens is 2. The molecule has 1 fully saturated rings. The third-order valence-electron chi connectivity index (χ3n) is 3.94. The topological polar surface area (TPSA) is 81.1 Å². The molecule has 0 saturated heterocycles. The van der Waals surface area contributed by atoms with Gasteiger partial charge in [0.05, 0.1) is 17.5 Å². The van der Waals surface area contributed by atoms with Crippen molar-refractivity contribution in [2.45, 2.75) is 45.2 Å². The van der Waals surface area contributed by atoms with Gasteiger partial charge in [0.2, 0.25) is 0 Å². The Balaban J connectivity index is 1.82. The number of sulfone groups is 1. The summed E-state index contributed by atoms with van der Waals surface area (Å²) in [4.78, 5) is 12.1. The average Bonchev–Trinajstić information content (AvgIpc) is 2.88. The number of hydrogen-bond donors (Lipinski definition) is 1. The minimum atomic E-state index is -2.91. The summed E-state index contributed by atoms with van der Waals surface area (Å²) in [6.07, 6.45) is 7.99. The molecule has 0 aromatic carbocycles. The fourth-order valence-electron chi connectivity index (χ4n) is 2.82. The van der Waals surface area contributed by atoms with Gasteiger partial charge in [-0.05, 0) is 38.5 Å². The zero-order chi connectivity index (χ0) is 15.5. The van der Waals surface area contributed by atoms with Crippen LogP contribution in [0.5, 0.6) is 0 Å². The molecular formula is C14H23N3O3S. The highest BCUT2D eigenvalue weighted by molar-refractivity contribution is 7.90. The van der Waals surface area contributed by atoms with Gasteiger partial charge in [0.1, 0.15) is 9.84 Å². The highest BCUT2D eigenvalue weighted by atomic mass is 32.2. The zero-order valence-corrected chi connectivity index (χ0v) is 13.4. The quantitative estimate of drug-likeness (QED) is 0.886. The third kappa shape index (κ3) is 4.84. The Bertz CT molecular complexity index is 586. The number of rotatable bonds is 5. The lowest BCUT2D eigenvalue weighted by molar-refractivity contribution is 0.0923. The van der Waals surface area contributed by atoms with Crippen LogP contribution in [0.3, 0.4) is 0 Å². The maximum Gasteiger partial charge on any atom is 0.254 e. The molecule has 1 aliphatic carbocycles. The third-order valence-corrected chi connectivity index (χ3v) is 5.02. The Morgan fingerprint density at radius 2 is 2.05 bits per heavy atom. The van der Waals surface area contributed by atoms with Crippen molar-refractivity contribution in [1.29, 1.82) is 0 Å². The molecular weight excluding hydrogens is 290 g/mol. The Labute approximate surface area is 125 Å². The second kappa shape index (κ2) is 6.60. The minimum absolute atomic E-state index is 0.0961. The van der Waals surface area contributed by atoms with E-state index in [1.165, 1.54) is 6.26 Å². The van der Waals surface area contributed by atoms with Gasteiger partial charge in [-0.2, -0.15) is 5.10 Å². The summed E-state index contributed by atoms with van der Waals surface area (Å²) in [6.45, 7) is 2.71. The number of nitrogens with one attached hydrogen (secondary N) is 1. The van der Waals surface area contributed by atoms with Crippen LogP contribution in [0.1, 0.15) is 43.0 Å². The fraction of sp³-hybridized carbons (Fsp3) is 0.714. The van der Waals surface area contributed by atoms with E-state index in [1.807, 2.05) is 6.92 Å². The van der Waals surface area contributed by atoms with Crippen LogP contribution < -0.4 is 5.32 Å². The van der Waals surface area contributed by atoms with Gasteiger partial charge in [-0.1, -0.05) is 0 Å². The van der Waals surface area contributed by atoms with Crippen molar-refractivity contribution in [3.8, 4) is 0 Å². The van der Waals surface area contributed by atoms with Crippen LogP contribution >= 0.6 is 0 Å². The second-order valence-electron chi connectivity index (χ2n) is 5.87. The predicted molar refractivity (Wildman–Crippen MR) is 80.8 cm³/mol. The lowest BCUT2D eigenvalue weighted by atomic mass is 9.87. The van der Waals surface area contributed by atoms with Gasteiger partial charge in [-0.3, -0.25) is 9.48 Å². The molecule has 0 aliphatic heterocycles. The first-order chi connectivity index (χ1) is 9.87. The average molecular weight is 313 g/mol. The van der Waals surface area contributed by atoms with Crippen LogP contribution in [0.15, 0.2) is 12.4 Å². The zero-order valence-electron chi connectivity index (χ0n) is 12.6. The Morgan fingerprint density at radius 3 is 2.57 bits per heavy atom. The van der Waals surface area contributed by atoms with Crippen LogP contribution in [0.4, 0.5) is 0 Å². The molecule has 6 nitrogen and oxygen atoms in total. The van der Waals surface area contributed by atoms with E-state index < -0.39 is 9.84 Å². The monoisotopic (exact) mass is 313 g/mol. The highest BCUT2D eigenvalue weighted by Gasteiger charge is 2.25.